The van der Waals surface area contributed by atoms with Crippen LogP contribution >= 0.6 is 0 Å². The lowest BCUT2D eigenvalue weighted by molar-refractivity contribution is 0.414. The van der Waals surface area contributed by atoms with Crippen molar-refractivity contribution in [3.8, 4) is 5.75 Å². The third kappa shape index (κ3) is 2.80. The summed E-state index contributed by atoms with van der Waals surface area (Å²) in [5, 5.41) is 4.94. The molecule has 4 rings (SSSR count). The molecule has 1 aromatic heterocycles. The number of nitrogens with one attached hydrogen (secondary N) is 1. The van der Waals surface area contributed by atoms with Gasteiger partial charge in [-0.2, -0.15) is 0 Å². The van der Waals surface area contributed by atoms with Gasteiger partial charge in [-0.05, 0) is 54.3 Å². The van der Waals surface area contributed by atoms with Crippen molar-refractivity contribution in [1.82, 2.24) is 10.3 Å². The molecule has 0 unspecified atom stereocenters. The van der Waals surface area contributed by atoms with E-state index in [-0.39, 0.29) is 5.54 Å². The number of nitrogens with zero attached hydrogens (tertiary/aromatic N) is 1. The number of aromatic nitrogens is 1. The van der Waals surface area contributed by atoms with Gasteiger partial charge in [-0.3, -0.25) is 4.98 Å². The summed E-state index contributed by atoms with van der Waals surface area (Å²) in [6.45, 7) is 0.872. The van der Waals surface area contributed by atoms with E-state index in [0.29, 0.717) is 0 Å². The van der Waals surface area contributed by atoms with Crippen molar-refractivity contribution < 1.29 is 4.74 Å². The average Bonchev–Trinajstić information content (AvgIpc) is 3.41. The zero-order valence-corrected chi connectivity index (χ0v) is 13.3. The molecule has 2 aromatic carbocycles. The van der Waals surface area contributed by atoms with E-state index in [4.69, 9.17) is 4.74 Å². The maximum atomic E-state index is 5.25. The van der Waals surface area contributed by atoms with Gasteiger partial charge in [0.2, 0.25) is 0 Å². The molecule has 116 valence electrons. The molecule has 3 nitrogen and oxygen atoms in total. The molecule has 1 aliphatic carbocycles. The summed E-state index contributed by atoms with van der Waals surface area (Å²) in [6, 6.07) is 19.0. The summed E-state index contributed by atoms with van der Waals surface area (Å²) < 4.78 is 5.25. The Bertz CT molecular complexity index is 822. The second-order valence-electron chi connectivity index (χ2n) is 6.19. The highest BCUT2D eigenvalue weighted by Crippen LogP contribution is 2.46. The first-order valence-corrected chi connectivity index (χ1v) is 8.02. The summed E-state index contributed by atoms with van der Waals surface area (Å²) >= 11 is 0. The fourth-order valence-corrected chi connectivity index (χ4v) is 3.11. The smallest absolute Gasteiger partial charge is 0.118 e. The number of hydrogen-bond donors (Lipinski definition) is 1. The molecule has 1 N–H and O–H groups in total. The lowest BCUT2D eigenvalue weighted by atomic mass is 10.0. The molecular weight excluding hydrogens is 284 g/mol. The first kappa shape index (κ1) is 14.2. The van der Waals surface area contributed by atoms with Crippen LogP contribution in [0.4, 0.5) is 0 Å². The van der Waals surface area contributed by atoms with Gasteiger partial charge in [-0.25, -0.2) is 0 Å². The number of ether oxygens (including phenoxy) is 1. The van der Waals surface area contributed by atoms with Gasteiger partial charge in [-0.1, -0.05) is 24.3 Å². The summed E-state index contributed by atoms with van der Waals surface area (Å²) in [5.74, 6) is 0.909. The Labute approximate surface area is 136 Å². The van der Waals surface area contributed by atoms with Gasteiger partial charge >= 0.3 is 0 Å². The van der Waals surface area contributed by atoms with Gasteiger partial charge in [0.05, 0.1) is 12.6 Å². The van der Waals surface area contributed by atoms with Crippen molar-refractivity contribution >= 4 is 10.9 Å². The minimum Gasteiger partial charge on any atom is -0.497 e. The van der Waals surface area contributed by atoms with Crippen LogP contribution in [0.2, 0.25) is 0 Å². The van der Waals surface area contributed by atoms with Crippen molar-refractivity contribution in [3.63, 3.8) is 0 Å². The second-order valence-corrected chi connectivity index (χ2v) is 6.19. The molecule has 1 fully saturated rings. The molecular formula is C20H20N2O. The highest BCUT2D eigenvalue weighted by Gasteiger charge is 2.43. The second kappa shape index (κ2) is 5.67. The van der Waals surface area contributed by atoms with Crippen molar-refractivity contribution in [3.05, 3.63) is 71.9 Å². The van der Waals surface area contributed by atoms with E-state index in [1.165, 1.54) is 29.4 Å². The molecule has 0 spiro atoms. The van der Waals surface area contributed by atoms with E-state index < -0.39 is 0 Å². The van der Waals surface area contributed by atoms with Crippen LogP contribution in [0.3, 0.4) is 0 Å². The number of benzene rings is 2. The van der Waals surface area contributed by atoms with Crippen molar-refractivity contribution in [1.29, 1.82) is 0 Å². The highest BCUT2D eigenvalue weighted by atomic mass is 16.5. The molecule has 1 heterocycles. The highest BCUT2D eigenvalue weighted by molar-refractivity contribution is 5.78. The molecule has 3 heteroatoms. The molecule has 0 amide bonds. The molecule has 3 aromatic rings. The first-order valence-electron chi connectivity index (χ1n) is 8.02. The van der Waals surface area contributed by atoms with E-state index in [2.05, 4.69) is 46.7 Å². The predicted molar refractivity (Wildman–Crippen MR) is 92.5 cm³/mol. The fourth-order valence-electron chi connectivity index (χ4n) is 3.11. The lowest BCUT2D eigenvalue weighted by Crippen LogP contribution is -2.28. The minimum absolute atomic E-state index is 0.135. The average molecular weight is 304 g/mol. The Morgan fingerprint density at radius 2 is 1.91 bits per heavy atom. The topological polar surface area (TPSA) is 34.1 Å². The van der Waals surface area contributed by atoms with Gasteiger partial charge in [0.1, 0.15) is 5.75 Å². The Morgan fingerprint density at radius 3 is 2.65 bits per heavy atom. The zero-order valence-electron chi connectivity index (χ0n) is 13.3. The Morgan fingerprint density at radius 1 is 1.09 bits per heavy atom. The molecule has 0 atom stereocenters. The standard InChI is InChI=1S/C20H20N2O/c1-23-18-7-5-17(6-8-18)20(10-11-20)22-14-15-4-9-19-16(13-15)3-2-12-21-19/h2-9,12-13,22H,10-11,14H2,1H3. The monoisotopic (exact) mass is 304 g/mol. The minimum atomic E-state index is 0.135. The maximum Gasteiger partial charge on any atom is 0.118 e. The van der Waals surface area contributed by atoms with E-state index in [0.717, 1.165) is 17.8 Å². The van der Waals surface area contributed by atoms with E-state index in [9.17, 15) is 0 Å². The number of methoxy groups -OCH3 is 1. The largest absolute Gasteiger partial charge is 0.497 e. The van der Waals surface area contributed by atoms with Gasteiger partial charge in [0, 0.05) is 23.7 Å². The van der Waals surface area contributed by atoms with Gasteiger partial charge in [-0.15, -0.1) is 0 Å². The SMILES string of the molecule is COc1ccc(C2(NCc3ccc4ncccc4c3)CC2)cc1. The fraction of sp³-hybridized carbons (Fsp3) is 0.250. The normalized spacial score (nSPS) is 15.5. The van der Waals surface area contributed by atoms with E-state index >= 15 is 0 Å². The third-order valence-corrected chi connectivity index (χ3v) is 4.69. The van der Waals surface area contributed by atoms with Crippen LogP contribution in [-0.4, -0.2) is 12.1 Å². The molecule has 23 heavy (non-hydrogen) atoms. The lowest BCUT2D eigenvalue weighted by Gasteiger charge is -2.18. The molecule has 0 bridgehead atoms. The Kier molecular flexibility index (Phi) is 3.50. The summed E-state index contributed by atoms with van der Waals surface area (Å²) in [7, 11) is 1.70. The Hall–Kier alpha value is -2.39. The van der Waals surface area contributed by atoms with Crippen molar-refractivity contribution in [2.75, 3.05) is 7.11 Å². The van der Waals surface area contributed by atoms with E-state index in [1.54, 1.807) is 7.11 Å². The number of rotatable bonds is 5. The van der Waals surface area contributed by atoms with Crippen LogP contribution in [0.15, 0.2) is 60.8 Å². The molecule has 1 aliphatic rings. The molecule has 0 saturated heterocycles. The van der Waals surface area contributed by atoms with Crippen LogP contribution in [0, 0.1) is 0 Å². The summed E-state index contributed by atoms with van der Waals surface area (Å²) in [5.41, 5.74) is 3.83. The number of hydrogen-bond acceptors (Lipinski definition) is 3. The maximum absolute atomic E-state index is 5.25. The number of pyridine rings is 1. The van der Waals surface area contributed by atoms with Gasteiger partial charge < -0.3 is 10.1 Å². The third-order valence-electron chi connectivity index (χ3n) is 4.69. The molecule has 0 aliphatic heterocycles. The van der Waals surface area contributed by atoms with Crippen molar-refractivity contribution in [2.24, 2.45) is 0 Å². The Balaban J connectivity index is 1.50. The van der Waals surface area contributed by atoms with Crippen LogP contribution in [0.1, 0.15) is 24.0 Å². The van der Waals surface area contributed by atoms with Crippen LogP contribution in [-0.2, 0) is 12.1 Å². The quantitative estimate of drug-likeness (QED) is 0.773. The molecule has 0 radical (unpaired) electrons. The summed E-state index contributed by atoms with van der Waals surface area (Å²) in [4.78, 5) is 4.38. The van der Waals surface area contributed by atoms with Gasteiger partial charge in [0.15, 0.2) is 0 Å². The van der Waals surface area contributed by atoms with Crippen LogP contribution in [0.25, 0.3) is 10.9 Å². The predicted octanol–water partition coefficient (Wildman–Crippen LogP) is 4.02. The zero-order chi connectivity index (χ0) is 15.7. The first-order chi connectivity index (χ1) is 11.3. The number of fused-ring (bicyclic) bond motifs is 1. The van der Waals surface area contributed by atoms with Crippen molar-refractivity contribution in [2.45, 2.75) is 24.9 Å². The summed E-state index contributed by atoms with van der Waals surface area (Å²) in [6.07, 6.45) is 4.21. The van der Waals surface area contributed by atoms with E-state index in [1.807, 2.05) is 24.4 Å². The van der Waals surface area contributed by atoms with Gasteiger partial charge in [0.25, 0.3) is 0 Å². The van der Waals surface area contributed by atoms with Crippen LogP contribution < -0.4 is 10.1 Å². The van der Waals surface area contributed by atoms with Crippen LogP contribution in [0.5, 0.6) is 5.75 Å². The molecule has 1 saturated carbocycles.